The van der Waals surface area contributed by atoms with E-state index < -0.39 is 0 Å². The molecule has 112 valence electrons. The standard InChI is InChI=1S/C16H15N3O2S/c20-16-12-3-5-19(8-11-4-7-22-10-11)9-13(12)17-15(18-16)14-2-1-6-21-14/h1-2,4,6-7,10H,3,5,8-9H2,(H,17,18,20). The molecule has 22 heavy (non-hydrogen) atoms. The van der Waals surface area contributed by atoms with Crippen LogP contribution in [0, 0.1) is 0 Å². The zero-order valence-corrected chi connectivity index (χ0v) is 12.7. The summed E-state index contributed by atoms with van der Waals surface area (Å²) in [6.07, 6.45) is 2.32. The number of nitrogens with zero attached hydrogens (tertiary/aromatic N) is 2. The number of aromatic nitrogens is 2. The van der Waals surface area contributed by atoms with Crippen LogP contribution in [-0.2, 0) is 19.5 Å². The Labute approximate surface area is 131 Å². The van der Waals surface area contributed by atoms with Crippen molar-refractivity contribution in [1.82, 2.24) is 14.9 Å². The monoisotopic (exact) mass is 313 g/mol. The summed E-state index contributed by atoms with van der Waals surface area (Å²) in [5.74, 6) is 1.10. The van der Waals surface area contributed by atoms with Crippen LogP contribution in [0.3, 0.4) is 0 Å². The van der Waals surface area contributed by atoms with E-state index in [9.17, 15) is 4.79 Å². The number of rotatable bonds is 3. The quantitative estimate of drug-likeness (QED) is 0.807. The molecule has 0 fully saturated rings. The molecule has 6 heteroatoms. The van der Waals surface area contributed by atoms with Crippen molar-refractivity contribution in [2.45, 2.75) is 19.5 Å². The second kappa shape index (κ2) is 5.55. The third-order valence-electron chi connectivity index (χ3n) is 3.89. The van der Waals surface area contributed by atoms with Crippen molar-refractivity contribution in [1.29, 1.82) is 0 Å². The Kier molecular flexibility index (Phi) is 3.40. The van der Waals surface area contributed by atoms with E-state index >= 15 is 0 Å². The van der Waals surface area contributed by atoms with Gasteiger partial charge in [0.15, 0.2) is 11.6 Å². The molecule has 5 nitrogen and oxygen atoms in total. The molecule has 4 heterocycles. The zero-order chi connectivity index (χ0) is 14.9. The van der Waals surface area contributed by atoms with Gasteiger partial charge in [-0.2, -0.15) is 11.3 Å². The van der Waals surface area contributed by atoms with Crippen LogP contribution in [0.1, 0.15) is 16.8 Å². The van der Waals surface area contributed by atoms with Gasteiger partial charge in [-0.05, 0) is 40.9 Å². The Balaban J connectivity index is 1.64. The number of fused-ring (bicyclic) bond motifs is 1. The Morgan fingerprint density at radius 3 is 3.14 bits per heavy atom. The third kappa shape index (κ3) is 2.51. The van der Waals surface area contributed by atoms with E-state index in [0.717, 1.165) is 30.8 Å². The van der Waals surface area contributed by atoms with E-state index in [-0.39, 0.29) is 5.56 Å². The lowest BCUT2D eigenvalue weighted by Crippen LogP contribution is -2.34. The SMILES string of the molecule is O=c1[nH]c(-c2ccco2)nc2c1CCN(Cc1ccsc1)C2. The maximum atomic E-state index is 12.2. The number of nitrogens with one attached hydrogen (secondary N) is 1. The summed E-state index contributed by atoms with van der Waals surface area (Å²) < 4.78 is 5.33. The molecule has 1 N–H and O–H groups in total. The molecule has 0 aromatic carbocycles. The minimum atomic E-state index is -0.0495. The highest BCUT2D eigenvalue weighted by Crippen LogP contribution is 2.20. The van der Waals surface area contributed by atoms with E-state index in [1.54, 1.807) is 29.7 Å². The first-order valence-electron chi connectivity index (χ1n) is 7.19. The fraction of sp³-hybridized carbons (Fsp3) is 0.250. The molecule has 1 aliphatic heterocycles. The van der Waals surface area contributed by atoms with Crippen LogP contribution in [0.5, 0.6) is 0 Å². The summed E-state index contributed by atoms with van der Waals surface area (Å²) >= 11 is 1.71. The zero-order valence-electron chi connectivity index (χ0n) is 11.9. The molecule has 0 unspecified atom stereocenters. The van der Waals surface area contributed by atoms with Crippen LogP contribution >= 0.6 is 11.3 Å². The summed E-state index contributed by atoms with van der Waals surface area (Å²) in [5, 5.41) is 4.25. The van der Waals surface area contributed by atoms with Crippen LogP contribution in [-0.4, -0.2) is 21.4 Å². The van der Waals surface area contributed by atoms with Gasteiger partial charge in [0.2, 0.25) is 0 Å². The van der Waals surface area contributed by atoms with Crippen LogP contribution in [0.2, 0.25) is 0 Å². The highest BCUT2D eigenvalue weighted by molar-refractivity contribution is 7.07. The topological polar surface area (TPSA) is 62.1 Å². The van der Waals surface area contributed by atoms with Crippen molar-refractivity contribution in [3.05, 3.63) is 62.4 Å². The van der Waals surface area contributed by atoms with Gasteiger partial charge in [-0.15, -0.1) is 0 Å². The Hall–Kier alpha value is -2.18. The van der Waals surface area contributed by atoms with Crippen LogP contribution in [0.4, 0.5) is 0 Å². The predicted octanol–water partition coefficient (Wildman–Crippen LogP) is 2.65. The molecular weight excluding hydrogens is 298 g/mol. The number of aromatic amines is 1. The van der Waals surface area contributed by atoms with E-state index in [2.05, 4.69) is 31.7 Å². The van der Waals surface area contributed by atoms with E-state index in [1.807, 2.05) is 0 Å². The largest absolute Gasteiger partial charge is 0.461 e. The van der Waals surface area contributed by atoms with Crippen LogP contribution in [0.25, 0.3) is 11.6 Å². The van der Waals surface area contributed by atoms with Gasteiger partial charge in [0.1, 0.15) is 0 Å². The molecule has 0 saturated heterocycles. The van der Waals surface area contributed by atoms with Crippen molar-refractivity contribution in [3.63, 3.8) is 0 Å². The molecule has 3 aromatic heterocycles. The first kappa shape index (κ1) is 13.5. The maximum Gasteiger partial charge on any atom is 0.254 e. The number of thiophene rings is 1. The average Bonchev–Trinajstić information content (AvgIpc) is 3.20. The highest BCUT2D eigenvalue weighted by atomic mass is 32.1. The van der Waals surface area contributed by atoms with E-state index in [4.69, 9.17) is 4.42 Å². The fourth-order valence-electron chi connectivity index (χ4n) is 2.80. The Morgan fingerprint density at radius 1 is 1.41 bits per heavy atom. The van der Waals surface area contributed by atoms with Crippen molar-refractivity contribution in [3.8, 4) is 11.6 Å². The summed E-state index contributed by atoms with van der Waals surface area (Å²) in [4.78, 5) is 22.0. The summed E-state index contributed by atoms with van der Waals surface area (Å²) in [6, 6.07) is 5.73. The van der Waals surface area contributed by atoms with Gasteiger partial charge in [-0.1, -0.05) is 0 Å². The molecule has 4 rings (SSSR count). The number of H-pyrrole nitrogens is 1. The minimum Gasteiger partial charge on any atom is -0.461 e. The highest BCUT2D eigenvalue weighted by Gasteiger charge is 2.22. The molecule has 0 bridgehead atoms. The number of hydrogen-bond donors (Lipinski definition) is 1. The van der Waals surface area contributed by atoms with Crippen molar-refractivity contribution in [2.75, 3.05) is 6.54 Å². The van der Waals surface area contributed by atoms with Crippen molar-refractivity contribution >= 4 is 11.3 Å². The molecule has 0 radical (unpaired) electrons. The first-order chi connectivity index (χ1) is 10.8. The van der Waals surface area contributed by atoms with Crippen LogP contribution < -0.4 is 5.56 Å². The molecule has 3 aromatic rings. The Bertz CT molecular complexity index is 822. The van der Waals surface area contributed by atoms with E-state index in [0.29, 0.717) is 18.1 Å². The number of hydrogen-bond acceptors (Lipinski definition) is 5. The molecular formula is C16H15N3O2S. The van der Waals surface area contributed by atoms with Gasteiger partial charge in [0, 0.05) is 25.2 Å². The fourth-order valence-corrected chi connectivity index (χ4v) is 3.46. The van der Waals surface area contributed by atoms with Gasteiger partial charge >= 0.3 is 0 Å². The summed E-state index contributed by atoms with van der Waals surface area (Å²) in [6.45, 7) is 2.48. The minimum absolute atomic E-state index is 0.0495. The van der Waals surface area contributed by atoms with Gasteiger partial charge in [0.25, 0.3) is 5.56 Å². The second-order valence-corrected chi connectivity index (χ2v) is 6.19. The van der Waals surface area contributed by atoms with Gasteiger partial charge in [0.05, 0.1) is 12.0 Å². The molecule has 0 amide bonds. The summed E-state index contributed by atoms with van der Waals surface area (Å²) in [7, 11) is 0. The van der Waals surface area contributed by atoms with Gasteiger partial charge in [-0.25, -0.2) is 4.98 Å². The second-order valence-electron chi connectivity index (χ2n) is 5.41. The van der Waals surface area contributed by atoms with E-state index in [1.165, 1.54) is 5.56 Å². The lowest BCUT2D eigenvalue weighted by molar-refractivity contribution is 0.241. The lowest BCUT2D eigenvalue weighted by Gasteiger charge is -2.27. The molecule has 0 saturated carbocycles. The average molecular weight is 313 g/mol. The normalized spacial score (nSPS) is 14.9. The molecule has 0 atom stereocenters. The van der Waals surface area contributed by atoms with Crippen molar-refractivity contribution in [2.24, 2.45) is 0 Å². The first-order valence-corrected chi connectivity index (χ1v) is 8.13. The maximum absolute atomic E-state index is 12.2. The third-order valence-corrected chi connectivity index (χ3v) is 4.63. The lowest BCUT2D eigenvalue weighted by atomic mass is 10.1. The van der Waals surface area contributed by atoms with Crippen molar-refractivity contribution < 1.29 is 4.42 Å². The van der Waals surface area contributed by atoms with Gasteiger partial charge in [-0.3, -0.25) is 9.69 Å². The van der Waals surface area contributed by atoms with Crippen LogP contribution in [0.15, 0.2) is 44.4 Å². The smallest absolute Gasteiger partial charge is 0.254 e. The van der Waals surface area contributed by atoms with Gasteiger partial charge < -0.3 is 9.40 Å². The number of furan rings is 1. The molecule has 0 aliphatic carbocycles. The Morgan fingerprint density at radius 2 is 2.36 bits per heavy atom. The summed E-state index contributed by atoms with van der Waals surface area (Å²) in [5.41, 5.74) is 2.92. The predicted molar refractivity (Wildman–Crippen MR) is 84.7 cm³/mol. The molecule has 0 spiro atoms. The molecule has 1 aliphatic rings.